The number of benzene rings is 1. The van der Waals surface area contributed by atoms with Crippen molar-refractivity contribution in [1.82, 2.24) is 25.6 Å². The van der Waals surface area contributed by atoms with Gasteiger partial charge in [0.25, 0.3) is 5.91 Å². The maximum Gasteiger partial charge on any atom is 0.435 e. The summed E-state index contributed by atoms with van der Waals surface area (Å²) >= 11 is 0. The smallest absolute Gasteiger partial charge is 0.350 e. The van der Waals surface area contributed by atoms with Crippen molar-refractivity contribution in [2.24, 2.45) is 5.92 Å². The Hall–Kier alpha value is -2.49. The molecule has 1 aromatic heterocycles. The van der Waals surface area contributed by atoms with Crippen LogP contribution in [0.1, 0.15) is 29.0 Å². The van der Waals surface area contributed by atoms with Crippen LogP contribution < -0.4 is 10.6 Å². The minimum Gasteiger partial charge on any atom is -0.350 e. The molecule has 2 aromatic rings. The van der Waals surface area contributed by atoms with E-state index in [1.54, 1.807) is 0 Å². The quantitative estimate of drug-likeness (QED) is 0.808. The van der Waals surface area contributed by atoms with E-state index in [1.165, 1.54) is 12.1 Å². The highest BCUT2D eigenvalue weighted by Crippen LogP contribution is 2.33. The standard InChI is InChI=1S/C16H17F4N5O/c17-11-5-1-2-6-12(11)25-14(16(18,19)20)13(23-24-25)15(26)22-9-10-4-3-7-21-8-10/h1-2,5-6,10,21H,3-4,7-9H2,(H,22,26). The van der Waals surface area contributed by atoms with Crippen LogP contribution in [0.2, 0.25) is 0 Å². The number of alkyl halides is 3. The Bertz CT molecular complexity index is 783. The van der Waals surface area contributed by atoms with Gasteiger partial charge in [0.2, 0.25) is 0 Å². The zero-order chi connectivity index (χ0) is 18.7. The van der Waals surface area contributed by atoms with Crippen LogP contribution in [0.4, 0.5) is 17.6 Å². The third-order valence-electron chi connectivity index (χ3n) is 4.18. The van der Waals surface area contributed by atoms with Gasteiger partial charge in [-0.15, -0.1) is 5.10 Å². The first-order valence-electron chi connectivity index (χ1n) is 8.14. The van der Waals surface area contributed by atoms with Gasteiger partial charge in [-0.25, -0.2) is 9.07 Å². The summed E-state index contributed by atoms with van der Waals surface area (Å²) in [6, 6.07) is 4.85. The Morgan fingerprint density at radius 3 is 2.77 bits per heavy atom. The van der Waals surface area contributed by atoms with E-state index in [9.17, 15) is 22.4 Å². The van der Waals surface area contributed by atoms with Gasteiger partial charge in [0, 0.05) is 6.54 Å². The molecule has 2 N–H and O–H groups in total. The van der Waals surface area contributed by atoms with Crippen LogP contribution >= 0.6 is 0 Å². The summed E-state index contributed by atoms with van der Waals surface area (Å²) in [4.78, 5) is 12.2. The van der Waals surface area contributed by atoms with Crippen molar-refractivity contribution in [3.8, 4) is 5.69 Å². The Morgan fingerprint density at radius 1 is 1.35 bits per heavy atom. The summed E-state index contributed by atoms with van der Waals surface area (Å²) in [5.41, 5.74) is -2.70. The van der Waals surface area contributed by atoms with Crippen LogP contribution in [0.5, 0.6) is 0 Å². The summed E-state index contributed by atoms with van der Waals surface area (Å²) in [5, 5.41) is 12.4. The molecule has 0 radical (unpaired) electrons. The summed E-state index contributed by atoms with van der Waals surface area (Å²) in [5.74, 6) is -1.74. The van der Waals surface area contributed by atoms with Crippen LogP contribution in [0.3, 0.4) is 0 Å². The number of halogens is 4. The number of amides is 1. The monoisotopic (exact) mass is 371 g/mol. The number of carbonyl (C=O) groups is 1. The topological polar surface area (TPSA) is 71.8 Å². The molecule has 1 atom stereocenters. The van der Waals surface area contributed by atoms with Crippen molar-refractivity contribution < 1.29 is 22.4 Å². The summed E-state index contributed by atoms with van der Waals surface area (Å²) in [6.45, 7) is 1.81. The minimum absolute atomic E-state index is 0.142. The van der Waals surface area contributed by atoms with Crippen LogP contribution in [0, 0.1) is 11.7 Å². The zero-order valence-electron chi connectivity index (χ0n) is 13.7. The van der Waals surface area contributed by atoms with Crippen LogP contribution in [-0.2, 0) is 6.18 Å². The molecular formula is C16H17F4N5O. The fourth-order valence-corrected chi connectivity index (χ4v) is 2.90. The van der Waals surface area contributed by atoms with E-state index in [2.05, 4.69) is 20.9 Å². The van der Waals surface area contributed by atoms with E-state index < -0.39 is 35.0 Å². The second-order valence-corrected chi connectivity index (χ2v) is 6.07. The number of nitrogens with one attached hydrogen (secondary N) is 2. The SMILES string of the molecule is O=C(NCC1CCCNC1)c1nnn(-c2ccccc2F)c1C(F)(F)F. The number of para-hydroxylation sites is 1. The first-order valence-corrected chi connectivity index (χ1v) is 8.14. The fourth-order valence-electron chi connectivity index (χ4n) is 2.90. The van der Waals surface area contributed by atoms with Crippen molar-refractivity contribution in [3.05, 3.63) is 41.5 Å². The summed E-state index contributed by atoms with van der Waals surface area (Å²) < 4.78 is 54.7. The molecule has 1 aromatic carbocycles. The molecular weight excluding hydrogens is 354 g/mol. The molecule has 1 aliphatic rings. The molecule has 1 amide bonds. The van der Waals surface area contributed by atoms with Gasteiger partial charge >= 0.3 is 6.18 Å². The molecule has 3 rings (SSSR count). The normalized spacial score (nSPS) is 17.9. The van der Waals surface area contributed by atoms with Gasteiger partial charge in [-0.05, 0) is 44.0 Å². The Morgan fingerprint density at radius 2 is 2.12 bits per heavy atom. The zero-order valence-corrected chi connectivity index (χ0v) is 13.7. The molecule has 26 heavy (non-hydrogen) atoms. The van der Waals surface area contributed by atoms with Gasteiger partial charge in [-0.1, -0.05) is 17.3 Å². The summed E-state index contributed by atoms with van der Waals surface area (Å²) in [6.07, 6.45) is -3.11. The average molecular weight is 371 g/mol. The molecule has 2 heterocycles. The lowest BCUT2D eigenvalue weighted by Gasteiger charge is -2.22. The van der Waals surface area contributed by atoms with E-state index in [1.807, 2.05) is 0 Å². The van der Waals surface area contributed by atoms with E-state index in [-0.39, 0.29) is 12.5 Å². The van der Waals surface area contributed by atoms with Crippen molar-refractivity contribution in [1.29, 1.82) is 0 Å². The lowest BCUT2D eigenvalue weighted by molar-refractivity contribution is -0.143. The first-order chi connectivity index (χ1) is 12.4. The highest BCUT2D eigenvalue weighted by molar-refractivity contribution is 5.93. The molecule has 10 heteroatoms. The second kappa shape index (κ2) is 7.40. The van der Waals surface area contributed by atoms with Gasteiger partial charge in [0.05, 0.1) is 0 Å². The molecule has 1 saturated heterocycles. The minimum atomic E-state index is -4.93. The lowest BCUT2D eigenvalue weighted by atomic mass is 10.00. The molecule has 1 fully saturated rings. The van der Waals surface area contributed by atoms with E-state index in [4.69, 9.17) is 0 Å². The maximum atomic E-state index is 13.9. The average Bonchev–Trinajstić information content (AvgIpc) is 3.06. The number of carbonyl (C=O) groups excluding carboxylic acids is 1. The summed E-state index contributed by atoms with van der Waals surface area (Å²) in [7, 11) is 0. The Balaban J connectivity index is 1.87. The molecule has 0 spiro atoms. The highest BCUT2D eigenvalue weighted by Gasteiger charge is 2.42. The molecule has 1 unspecified atom stereocenters. The Kier molecular flexibility index (Phi) is 5.21. The van der Waals surface area contributed by atoms with Gasteiger partial charge in [-0.2, -0.15) is 13.2 Å². The van der Waals surface area contributed by atoms with Crippen molar-refractivity contribution in [2.75, 3.05) is 19.6 Å². The second-order valence-electron chi connectivity index (χ2n) is 6.07. The molecule has 6 nitrogen and oxygen atoms in total. The maximum absolute atomic E-state index is 13.9. The van der Waals surface area contributed by atoms with E-state index in [0.29, 0.717) is 11.2 Å². The van der Waals surface area contributed by atoms with Crippen LogP contribution in [0.15, 0.2) is 24.3 Å². The predicted molar refractivity (Wildman–Crippen MR) is 84.2 cm³/mol. The van der Waals surface area contributed by atoms with Crippen molar-refractivity contribution >= 4 is 5.91 Å². The first kappa shape index (κ1) is 18.3. The van der Waals surface area contributed by atoms with Crippen molar-refractivity contribution in [2.45, 2.75) is 19.0 Å². The van der Waals surface area contributed by atoms with E-state index in [0.717, 1.165) is 31.5 Å². The molecule has 1 aliphatic heterocycles. The number of hydrogen-bond donors (Lipinski definition) is 2. The molecule has 140 valence electrons. The number of hydrogen-bond acceptors (Lipinski definition) is 4. The number of rotatable bonds is 4. The van der Waals surface area contributed by atoms with Gasteiger partial charge in [-0.3, -0.25) is 4.79 Å². The van der Waals surface area contributed by atoms with Crippen LogP contribution in [-0.4, -0.2) is 40.5 Å². The molecule has 0 saturated carbocycles. The lowest BCUT2D eigenvalue weighted by Crippen LogP contribution is -2.38. The van der Waals surface area contributed by atoms with Gasteiger partial charge in [0.1, 0.15) is 11.5 Å². The number of nitrogens with zero attached hydrogens (tertiary/aromatic N) is 3. The molecule has 0 aliphatic carbocycles. The predicted octanol–water partition coefficient (Wildman–Crippen LogP) is 2.15. The number of aromatic nitrogens is 3. The van der Waals surface area contributed by atoms with Gasteiger partial charge in [0.15, 0.2) is 11.4 Å². The third kappa shape index (κ3) is 3.85. The fraction of sp³-hybridized carbons (Fsp3) is 0.438. The third-order valence-corrected chi connectivity index (χ3v) is 4.18. The van der Waals surface area contributed by atoms with Crippen molar-refractivity contribution in [3.63, 3.8) is 0 Å². The Labute approximate surface area is 146 Å². The molecule has 0 bridgehead atoms. The largest absolute Gasteiger partial charge is 0.435 e. The van der Waals surface area contributed by atoms with E-state index >= 15 is 0 Å². The number of piperidine rings is 1. The van der Waals surface area contributed by atoms with Gasteiger partial charge < -0.3 is 10.6 Å². The van der Waals surface area contributed by atoms with Crippen LogP contribution in [0.25, 0.3) is 5.69 Å². The highest BCUT2D eigenvalue weighted by atomic mass is 19.4.